The largest absolute Gasteiger partial charge is 0.389 e. The van der Waals surface area contributed by atoms with E-state index in [0.29, 0.717) is 11.5 Å². The monoisotopic (exact) mass is 264 g/mol. The molecule has 2 heterocycles. The summed E-state index contributed by atoms with van der Waals surface area (Å²) in [7, 11) is 0. The Morgan fingerprint density at radius 2 is 2.44 bits per heavy atom. The van der Waals surface area contributed by atoms with Gasteiger partial charge in [0.2, 0.25) is 5.91 Å². The first-order chi connectivity index (χ1) is 8.63. The molecule has 1 unspecified atom stereocenters. The number of piperazine rings is 1. The average molecular weight is 264 g/mol. The molecule has 1 fully saturated rings. The summed E-state index contributed by atoms with van der Waals surface area (Å²) in [5, 5.41) is 2.86. The second kappa shape index (κ2) is 5.30. The highest BCUT2D eigenvalue weighted by Gasteiger charge is 2.28. The molecule has 1 saturated heterocycles. The Morgan fingerprint density at radius 1 is 1.67 bits per heavy atom. The number of pyridine rings is 1. The molecule has 96 valence electrons. The first kappa shape index (κ1) is 12.8. The lowest BCUT2D eigenvalue weighted by atomic mass is 10.1. The summed E-state index contributed by atoms with van der Waals surface area (Å²) in [6, 6.07) is 3.54. The van der Waals surface area contributed by atoms with Gasteiger partial charge in [0.1, 0.15) is 16.8 Å². The minimum atomic E-state index is -0.151. The lowest BCUT2D eigenvalue weighted by Crippen LogP contribution is -2.55. The van der Waals surface area contributed by atoms with Crippen molar-refractivity contribution in [2.24, 2.45) is 5.73 Å². The summed E-state index contributed by atoms with van der Waals surface area (Å²) >= 11 is 4.89. The molecule has 0 aromatic carbocycles. The second-order valence-electron chi connectivity index (χ2n) is 4.18. The van der Waals surface area contributed by atoms with Crippen LogP contribution in [0, 0.1) is 0 Å². The number of nitrogens with two attached hydrogens (primary N) is 1. The molecular formula is C12H16N4OS. The minimum Gasteiger partial charge on any atom is -0.389 e. The highest BCUT2D eigenvalue weighted by Crippen LogP contribution is 2.18. The molecule has 0 spiro atoms. The molecule has 0 radical (unpaired) electrons. The van der Waals surface area contributed by atoms with Crippen molar-refractivity contribution in [2.75, 3.05) is 18.0 Å². The number of carbonyl (C=O) groups excluding carboxylic acids is 1. The van der Waals surface area contributed by atoms with Gasteiger partial charge in [-0.05, 0) is 18.6 Å². The van der Waals surface area contributed by atoms with Gasteiger partial charge in [-0.2, -0.15) is 0 Å². The van der Waals surface area contributed by atoms with Gasteiger partial charge >= 0.3 is 0 Å². The fourth-order valence-corrected chi connectivity index (χ4v) is 2.22. The number of nitrogens with zero attached hydrogens (tertiary/aromatic N) is 2. The maximum atomic E-state index is 11.8. The van der Waals surface area contributed by atoms with Gasteiger partial charge < -0.3 is 16.0 Å². The Balaban J connectivity index is 2.24. The van der Waals surface area contributed by atoms with Crippen LogP contribution in [0.5, 0.6) is 0 Å². The Bertz CT molecular complexity index is 460. The molecule has 1 aliphatic heterocycles. The molecule has 1 atom stereocenters. The molecule has 0 saturated carbocycles. The van der Waals surface area contributed by atoms with Crippen molar-refractivity contribution in [3.63, 3.8) is 0 Å². The van der Waals surface area contributed by atoms with E-state index in [9.17, 15) is 4.79 Å². The van der Waals surface area contributed by atoms with Gasteiger partial charge in [-0.15, -0.1) is 0 Å². The van der Waals surface area contributed by atoms with Crippen LogP contribution in [0.1, 0.15) is 18.9 Å². The van der Waals surface area contributed by atoms with E-state index in [1.165, 1.54) is 0 Å². The van der Waals surface area contributed by atoms with E-state index in [4.69, 9.17) is 18.0 Å². The zero-order valence-corrected chi connectivity index (χ0v) is 11.0. The van der Waals surface area contributed by atoms with Crippen LogP contribution in [0.15, 0.2) is 18.3 Å². The first-order valence-corrected chi connectivity index (χ1v) is 6.34. The zero-order chi connectivity index (χ0) is 13.1. The van der Waals surface area contributed by atoms with Crippen molar-refractivity contribution in [3.05, 3.63) is 23.9 Å². The van der Waals surface area contributed by atoms with Crippen LogP contribution in [0.3, 0.4) is 0 Å². The van der Waals surface area contributed by atoms with Crippen LogP contribution >= 0.6 is 12.2 Å². The van der Waals surface area contributed by atoms with E-state index in [1.807, 2.05) is 24.0 Å². The Hall–Kier alpha value is -1.69. The Labute approximate surface area is 111 Å². The third-order valence-electron chi connectivity index (χ3n) is 3.04. The predicted octanol–water partition coefficient (Wildman–Crippen LogP) is 0.431. The van der Waals surface area contributed by atoms with Crippen LogP contribution < -0.4 is 16.0 Å². The van der Waals surface area contributed by atoms with E-state index in [-0.39, 0.29) is 11.9 Å². The fourth-order valence-electron chi connectivity index (χ4n) is 2.10. The minimum absolute atomic E-state index is 0.0592. The lowest BCUT2D eigenvalue weighted by molar-refractivity contribution is -0.123. The lowest BCUT2D eigenvalue weighted by Gasteiger charge is -2.35. The number of aromatic nitrogens is 1. The van der Waals surface area contributed by atoms with Gasteiger partial charge in [-0.1, -0.05) is 19.1 Å². The second-order valence-corrected chi connectivity index (χ2v) is 4.62. The summed E-state index contributed by atoms with van der Waals surface area (Å²) in [4.78, 5) is 18.4. The molecule has 1 amide bonds. The highest BCUT2D eigenvalue weighted by molar-refractivity contribution is 7.80. The summed E-state index contributed by atoms with van der Waals surface area (Å²) in [5.41, 5.74) is 6.27. The van der Waals surface area contributed by atoms with Gasteiger partial charge in [0.15, 0.2) is 0 Å². The SMILES string of the molecule is CCC1C(=O)NCCN1c1ccc(C(N)=S)cn1. The van der Waals surface area contributed by atoms with Crippen molar-refractivity contribution < 1.29 is 4.79 Å². The summed E-state index contributed by atoms with van der Waals surface area (Å²) < 4.78 is 0. The zero-order valence-electron chi connectivity index (χ0n) is 10.2. The molecule has 0 bridgehead atoms. The molecule has 3 N–H and O–H groups in total. The number of hydrogen-bond acceptors (Lipinski definition) is 4. The summed E-state index contributed by atoms with van der Waals surface area (Å²) in [6.45, 7) is 3.41. The topological polar surface area (TPSA) is 71.2 Å². The third kappa shape index (κ3) is 2.43. The van der Waals surface area contributed by atoms with E-state index in [1.54, 1.807) is 6.20 Å². The molecule has 5 nitrogen and oxygen atoms in total. The number of thiocarbonyl (C=S) groups is 1. The summed E-state index contributed by atoms with van der Waals surface area (Å²) in [5.74, 6) is 0.848. The van der Waals surface area contributed by atoms with Crippen molar-refractivity contribution >= 4 is 28.9 Å². The molecule has 1 aromatic rings. The van der Waals surface area contributed by atoms with Crippen LogP contribution in [-0.4, -0.2) is 35.0 Å². The van der Waals surface area contributed by atoms with Crippen LogP contribution in [0.25, 0.3) is 0 Å². The van der Waals surface area contributed by atoms with E-state index in [2.05, 4.69) is 10.3 Å². The van der Waals surface area contributed by atoms with Gasteiger partial charge in [0.25, 0.3) is 0 Å². The Morgan fingerprint density at radius 3 is 3.00 bits per heavy atom. The van der Waals surface area contributed by atoms with Gasteiger partial charge in [-0.25, -0.2) is 4.98 Å². The molecular weight excluding hydrogens is 248 g/mol. The van der Waals surface area contributed by atoms with Crippen LogP contribution in [0.2, 0.25) is 0 Å². The highest BCUT2D eigenvalue weighted by atomic mass is 32.1. The van der Waals surface area contributed by atoms with Gasteiger partial charge in [0.05, 0.1) is 0 Å². The number of nitrogens with one attached hydrogen (secondary N) is 1. The molecule has 18 heavy (non-hydrogen) atoms. The fraction of sp³-hybridized carbons (Fsp3) is 0.417. The van der Waals surface area contributed by atoms with Gasteiger partial charge in [-0.3, -0.25) is 4.79 Å². The number of hydrogen-bond donors (Lipinski definition) is 2. The first-order valence-electron chi connectivity index (χ1n) is 5.93. The van der Waals surface area contributed by atoms with Crippen LogP contribution in [-0.2, 0) is 4.79 Å². The van der Waals surface area contributed by atoms with Crippen molar-refractivity contribution in [1.29, 1.82) is 0 Å². The standard InChI is InChI=1S/C12H16N4OS/c1-2-9-12(17)14-5-6-16(9)10-4-3-8(7-15-10)11(13)18/h3-4,7,9H,2,5-6H2,1H3,(H2,13,18)(H,14,17). The van der Waals surface area contributed by atoms with Gasteiger partial charge in [0, 0.05) is 24.8 Å². The van der Waals surface area contributed by atoms with Crippen LogP contribution in [0.4, 0.5) is 5.82 Å². The Kier molecular flexibility index (Phi) is 3.76. The quantitative estimate of drug-likeness (QED) is 0.775. The normalized spacial score (nSPS) is 19.5. The molecule has 0 aliphatic carbocycles. The van der Waals surface area contributed by atoms with E-state index >= 15 is 0 Å². The van der Waals surface area contributed by atoms with Crippen molar-refractivity contribution in [1.82, 2.24) is 10.3 Å². The summed E-state index contributed by atoms with van der Waals surface area (Å²) in [6.07, 6.45) is 2.40. The number of rotatable bonds is 3. The predicted molar refractivity (Wildman–Crippen MR) is 74.6 cm³/mol. The van der Waals surface area contributed by atoms with E-state index in [0.717, 1.165) is 24.3 Å². The maximum absolute atomic E-state index is 11.8. The number of anilines is 1. The van der Waals surface area contributed by atoms with Crippen molar-refractivity contribution in [2.45, 2.75) is 19.4 Å². The average Bonchev–Trinajstić information content (AvgIpc) is 2.38. The smallest absolute Gasteiger partial charge is 0.242 e. The number of carbonyl (C=O) groups is 1. The van der Waals surface area contributed by atoms with E-state index < -0.39 is 0 Å². The molecule has 1 aromatic heterocycles. The molecule has 1 aliphatic rings. The van der Waals surface area contributed by atoms with Crippen molar-refractivity contribution in [3.8, 4) is 0 Å². The molecule has 6 heteroatoms. The third-order valence-corrected chi connectivity index (χ3v) is 3.28. The molecule has 2 rings (SSSR count). The maximum Gasteiger partial charge on any atom is 0.242 e. The number of amides is 1.